The van der Waals surface area contributed by atoms with Gasteiger partial charge in [-0.3, -0.25) is 9.69 Å². The van der Waals surface area contributed by atoms with Gasteiger partial charge in [-0.15, -0.1) is 0 Å². The molecule has 0 spiro atoms. The van der Waals surface area contributed by atoms with Crippen molar-refractivity contribution in [1.82, 2.24) is 10.2 Å². The number of nitrogens with zero attached hydrogens (tertiary/aromatic N) is 1. The van der Waals surface area contributed by atoms with E-state index in [2.05, 4.69) is 26.1 Å². The first-order valence-corrected chi connectivity index (χ1v) is 9.31. The standard InChI is InChI=1S/C19H23BrN2O2/c20-16-7-2-1-6-15(16)9-10-19(23)21-14-17(18-8-5-13-24-18)22-11-3-4-12-22/h1-2,5-8,13,17H,3-4,9-12,14H2,(H,21,23). The van der Waals surface area contributed by atoms with E-state index in [1.807, 2.05) is 36.4 Å². The number of carbonyl (C=O) groups is 1. The zero-order valence-corrected chi connectivity index (χ0v) is 15.3. The van der Waals surface area contributed by atoms with Crippen molar-refractivity contribution in [2.75, 3.05) is 19.6 Å². The van der Waals surface area contributed by atoms with Gasteiger partial charge in [0.1, 0.15) is 5.76 Å². The van der Waals surface area contributed by atoms with Crippen LogP contribution in [0.15, 0.2) is 51.6 Å². The number of hydrogen-bond donors (Lipinski definition) is 1. The van der Waals surface area contributed by atoms with Crippen LogP contribution >= 0.6 is 15.9 Å². The van der Waals surface area contributed by atoms with E-state index < -0.39 is 0 Å². The summed E-state index contributed by atoms with van der Waals surface area (Å²) >= 11 is 3.53. The lowest BCUT2D eigenvalue weighted by Gasteiger charge is -2.26. The minimum Gasteiger partial charge on any atom is -0.468 e. The van der Waals surface area contributed by atoms with Gasteiger partial charge >= 0.3 is 0 Å². The van der Waals surface area contributed by atoms with Gasteiger partial charge in [0, 0.05) is 17.4 Å². The molecule has 0 saturated carbocycles. The van der Waals surface area contributed by atoms with Crippen molar-refractivity contribution in [2.45, 2.75) is 31.7 Å². The zero-order chi connectivity index (χ0) is 16.8. The van der Waals surface area contributed by atoms with E-state index >= 15 is 0 Å². The van der Waals surface area contributed by atoms with Gasteiger partial charge in [-0.25, -0.2) is 0 Å². The molecule has 0 bridgehead atoms. The van der Waals surface area contributed by atoms with Crippen LogP contribution in [-0.2, 0) is 11.2 Å². The number of furan rings is 1. The molecule has 128 valence electrons. The van der Waals surface area contributed by atoms with Crippen molar-refractivity contribution in [3.8, 4) is 0 Å². The highest BCUT2D eigenvalue weighted by Crippen LogP contribution is 2.25. The Hall–Kier alpha value is -1.59. The van der Waals surface area contributed by atoms with Crippen molar-refractivity contribution < 1.29 is 9.21 Å². The molecule has 1 atom stereocenters. The quantitative estimate of drug-likeness (QED) is 0.778. The average molecular weight is 391 g/mol. The molecule has 1 unspecified atom stereocenters. The van der Waals surface area contributed by atoms with Crippen molar-refractivity contribution in [1.29, 1.82) is 0 Å². The van der Waals surface area contributed by atoms with Gasteiger partial charge in [0.2, 0.25) is 5.91 Å². The van der Waals surface area contributed by atoms with Gasteiger partial charge in [-0.05, 0) is 56.1 Å². The lowest BCUT2D eigenvalue weighted by Crippen LogP contribution is -2.36. The summed E-state index contributed by atoms with van der Waals surface area (Å²) in [6.07, 6.45) is 5.36. The molecule has 3 rings (SSSR count). The van der Waals surface area contributed by atoms with Crippen LogP contribution in [-0.4, -0.2) is 30.4 Å². The minimum atomic E-state index is 0.0847. The molecule has 1 fully saturated rings. The molecule has 1 amide bonds. The molecule has 0 radical (unpaired) electrons. The fourth-order valence-electron chi connectivity index (χ4n) is 3.19. The summed E-state index contributed by atoms with van der Waals surface area (Å²) in [5.41, 5.74) is 1.16. The predicted molar refractivity (Wildman–Crippen MR) is 97.7 cm³/mol. The van der Waals surface area contributed by atoms with E-state index in [1.54, 1.807) is 6.26 Å². The van der Waals surface area contributed by atoms with E-state index in [-0.39, 0.29) is 11.9 Å². The smallest absolute Gasteiger partial charge is 0.220 e. The topological polar surface area (TPSA) is 45.5 Å². The van der Waals surface area contributed by atoms with Gasteiger partial charge in [0.15, 0.2) is 0 Å². The maximum absolute atomic E-state index is 12.2. The summed E-state index contributed by atoms with van der Waals surface area (Å²) in [4.78, 5) is 14.6. The number of nitrogens with one attached hydrogen (secondary N) is 1. The SMILES string of the molecule is O=C(CCc1ccccc1Br)NCC(c1ccco1)N1CCCC1. The number of aryl methyl sites for hydroxylation is 1. The summed E-state index contributed by atoms with van der Waals surface area (Å²) in [5, 5.41) is 3.08. The van der Waals surface area contributed by atoms with Gasteiger partial charge in [0.25, 0.3) is 0 Å². The van der Waals surface area contributed by atoms with Crippen LogP contribution in [0.3, 0.4) is 0 Å². The van der Waals surface area contributed by atoms with Crippen LogP contribution in [0.2, 0.25) is 0 Å². The van der Waals surface area contributed by atoms with E-state index in [0.29, 0.717) is 13.0 Å². The Balaban J connectivity index is 1.52. The average Bonchev–Trinajstić information content (AvgIpc) is 3.28. The lowest BCUT2D eigenvalue weighted by molar-refractivity contribution is -0.121. The molecule has 2 heterocycles. The van der Waals surface area contributed by atoms with Gasteiger partial charge in [0.05, 0.1) is 12.3 Å². The summed E-state index contributed by atoms with van der Waals surface area (Å²) in [7, 11) is 0. The second-order valence-corrected chi connectivity index (χ2v) is 7.02. The van der Waals surface area contributed by atoms with Crippen LogP contribution in [0.5, 0.6) is 0 Å². The van der Waals surface area contributed by atoms with Gasteiger partial charge in [-0.2, -0.15) is 0 Å². The van der Waals surface area contributed by atoms with Crippen molar-refractivity contribution in [3.05, 3.63) is 58.5 Å². The Morgan fingerprint density at radius 2 is 2.00 bits per heavy atom. The van der Waals surface area contributed by atoms with Crippen LogP contribution < -0.4 is 5.32 Å². The highest BCUT2D eigenvalue weighted by Gasteiger charge is 2.25. The molecule has 1 saturated heterocycles. The molecule has 4 nitrogen and oxygen atoms in total. The molecule has 2 aromatic rings. The molecule has 1 aromatic heterocycles. The summed E-state index contributed by atoms with van der Waals surface area (Å²) in [5.74, 6) is 1.02. The number of amides is 1. The van der Waals surface area contributed by atoms with Crippen LogP contribution in [0.4, 0.5) is 0 Å². The van der Waals surface area contributed by atoms with Crippen LogP contribution in [0.1, 0.15) is 36.6 Å². The Morgan fingerprint density at radius 1 is 1.21 bits per heavy atom. The third-order valence-electron chi connectivity index (χ3n) is 4.52. The first kappa shape index (κ1) is 17.2. The van der Waals surface area contributed by atoms with Gasteiger partial charge in [-0.1, -0.05) is 34.1 Å². The number of likely N-dealkylation sites (tertiary alicyclic amines) is 1. The van der Waals surface area contributed by atoms with Crippen molar-refractivity contribution >= 4 is 21.8 Å². The lowest BCUT2D eigenvalue weighted by atomic mass is 10.1. The highest BCUT2D eigenvalue weighted by molar-refractivity contribution is 9.10. The van der Waals surface area contributed by atoms with E-state index in [0.717, 1.165) is 35.3 Å². The molecule has 1 aromatic carbocycles. The predicted octanol–water partition coefficient (Wildman–Crippen LogP) is 3.93. The minimum absolute atomic E-state index is 0.0847. The Kier molecular flexibility index (Phi) is 6.10. The van der Waals surface area contributed by atoms with E-state index in [4.69, 9.17) is 4.42 Å². The van der Waals surface area contributed by atoms with Crippen LogP contribution in [0.25, 0.3) is 0 Å². The number of hydrogen-bond acceptors (Lipinski definition) is 3. The molecular weight excluding hydrogens is 368 g/mol. The first-order chi connectivity index (χ1) is 11.7. The molecule has 0 aliphatic carbocycles. The monoisotopic (exact) mass is 390 g/mol. The number of carbonyl (C=O) groups excluding carboxylic acids is 1. The Morgan fingerprint density at radius 3 is 2.71 bits per heavy atom. The molecular formula is C19H23BrN2O2. The zero-order valence-electron chi connectivity index (χ0n) is 13.7. The van der Waals surface area contributed by atoms with E-state index in [1.165, 1.54) is 12.8 Å². The normalized spacial score (nSPS) is 16.2. The van der Waals surface area contributed by atoms with Crippen molar-refractivity contribution in [2.24, 2.45) is 0 Å². The molecule has 5 heteroatoms. The maximum atomic E-state index is 12.2. The third-order valence-corrected chi connectivity index (χ3v) is 5.30. The largest absolute Gasteiger partial charge is 0.468 e. The van der Waals surface area contributed by atoms with Crippen LogP contribution in [0, 0.1) is 0 Å². The summed E-state index contributed by atoms with van der Waals surface area (Å²) < 4.78 is 6.64. The number of benzene rings is 1. The molecule has 24 heavy (non-hydrogen) atoms. The summed E-state index contributed by atoms with van der Waals surface area (Å²) in [6, 6.07) is 12.1. The fraction of sp³-hybridized carbons (Fsp3) is 0.421. The Labute approximate surface area is 151 Å². The number of rotatable bonds is 7. The highest BCUT2D eigenvalue weighted by atomic mass is 79.9. The molecule has 1 N–H and O–H groups in total. The maximum Gasteiger partial charge on any atom is 0.220 e. The fourth-order valence-corrected chi connectivity index (χ4v) is 3.68. The Bertz CT molecular complexity index is 651. The summed E-state index contributed by atoms with van der Waals surface area (Å²) in [6.45, 7) is 2.73. The van der Waals surface area contributed by atoms with E-state index in [9.17, 15) is 4.79 Å². The van der Waals surface area contributed by atoms with Crippen molar-refractivity contribution in [3.63, 3.8) is 0 Å². The second-order valence-electron chi connectivity index (χ2n) is 6.17. The van der Waals surface area contributed by atoms with Gasteiger partial charge < -0.3 is 9.73 Å². The first-order valence-electron chi connectivity index (χ1n) is 8.51. The molecule has 1 aliphatic rings. The third kappa shape index (κ3) is 4.48. The number of halogens is 1. The molecule has 1 aliphatic heterocycles. The second kappa shape index (κ2) is 8.49.